The highest BCUT2D eigenvalue weighted by Gasteiger charge is 2.27. The molecule has 0 saturated heterocycles. The van der Waals surface area contributed by atoms with Gasteiger partial charge < -0.3 is 0 Å². The van der Waals surface area contributed by atoms with Gasteiger partial charge in [-0.3, -0.25) is 0 Å². The van der Waals surface area contributed by atoms with Gasteiger partial charge in [0.25, 0.3) is 0 Å². The lowest BCUT2D eigenvalue weighted by Gasteiger charge is -2.33. The number of hydrogen-bond acceptors (Lipinski definition) is 2. The van der Waals surface area contributed by atoms with Crippen LogP contribution < -0.4 is 0 Å². The Balaban J connectivity index is 3.08. The number of nitrogens with zero attached hydrogens (tertiary/aromatic N) is 1. The van der Waals surface area contributed by atoms with Gasteiger partial charge in [-0.05, 0) is 34.9 Å². The largest absolute Gasteiger partial charge is 0.192 e. The maximum atomic E-state index is 8.90. The van der Waals surface area contributed by atoms with Gasteiger partial charge in [-0.25, -0.2) is 0 Å². The van der Waals surface area contributed by atoms with E-state index in [1.54, 1.807) is 0 Å². The van der Waals surface area contributed by atoms with Crippen LogP contribution in [0, 0.1) is 16.7 Å². The van der Waals surface area contributed by atoms with Crippen molar-refractivity contribution in [2.75, 3.05) is 0 Å². The van der Waals surface area contributed by atoms with Crippen molar-refractivity contribution in [1.29, 1.82) is 5.26 Å². The van der Waals surface area contributed by atoms with Crippen molar-refractivity contribution in [3.05, 3.63) is 29.3 Å². The Hall–Kier alpha value is -0.940. The summed E-state index contributed by atoms with van der Waals surface area (Å²) in [5, 5.41) is 8.90. The molecule has 0 saturated carbocycles. The molecule has 1 aromatic carbocycles. The summed E-state index contributed by atoms with van der Waals surface area (Å²) in [7, 11) is 0. The molecule has 0 N–H and O–H groups in total. The van der Waals surface area contributed by atoms with E-state index in [0.717, 1.165) is 11.3 Å². The highest BCUT2D eigenvalue weighted by Crippen LogP contribution is 2.37. The average Bonchev–Trinajstić information content (AvgIpc) is 2.13. The van der Waals surface area contributed by atoms with Crippen LogP contribution in [0.5, 0.6) is 0 Å². The highest BCUT2D eigenvalue weighted by atomic mass is 32.1. The molecule has 1 nitrogen and oxygen atoms in total. The van der Waals surface area contributed by atoms with Gasteiger partial charge in [-0.1, -0.05) is 40.7 Å². The van der Waals surface area contributed by atoms with Crippen LogP contribution in [-0.2, 0) is 5.41 Å². The van der Waals surface area contributed by atoms with Gasteiger partial charge in [0.1, 0.15) is 6.07 Å². The molecule has 0 bridgehead atoms. The second-order valence-corrected chi connectivity index (χ2v) is 6.95. The maximum absolute atomic E-state index is 8.90. The van der Waals surface area contributed by atoms with E-state index in [0.29, 0.717) is 5.56 Å². The minimum atomic E-state index is 0.101. The second kappa shape index (κ2) is 4.74. The van der Waals surface area contributed by atoms with Crippen molar-refractivity contribution in [2.24, 2.45) is 5.41 Å². The number of thiol groups is 1. The molecule has 0 amide bonds. The zero-order chi connectivity index (χ0) is 13.3. The molecule has 0 radical (unpaired) electrons. The number of nitriles is 1. The van der Waals surface area contributed by atoms with Crippen molar-refractivity contribution in [3.8, 4) is 6.07 Å². The topological polar surface area (TPSA) is 23.8 Å². The van der Waals surface area contributed by atoms with Gasteiger partial charge in [0.05, 0.1) is 5.56 Å². The fraction of sp³-hybridized carbons (Fsp3) is 0.533. The third-order valence-corrected chi connectivity index (χ3v) is 3.24. The maximum Gasteiger partial charge on any atom is 0.100 e. The quantitative estimate of drug-likeness (QED) is 0.761. The average molecular weight is 247 g/mol. The highest BCUT2D eigenvalue weighted by molar-refractivity contribution is 7.80. The standard InChI is InChI=1S/C15H21NS/c1-14(2,3)10-15(4,5)12-7-6-11(9-16)13(17)8-12/h6-8,17H,10H2,1-5H3. The van der Waals surface area contributed by atoms with Gasteiger partial charge in [0.15, 0.2) is 0 Å². The second-order valence-electron chi connectivity index (χ2n) is 6.47. The Kier molecular flexibility index (Phi) is 3.94. The predicted octanol–water partition coefficient (Wildman–Crippen LogP) is 4.56. The molecule has 0 unspecified atom stereocenters. The lowest BCUT2D eigenvalue weighted by Crippen LogP contribution is -2.24. The SMILES string of the molecule is CC(C)(C)CC(C)(C)c1ccc(C#N)c(S)c1. The summed E-state index contributed by atoms with van der Waals surface area (Å²) in [6.07, 6.45) is 1.10. The molecular weight excluding hydrogens is 226 g/mol. The third-order valence-electron chi connectivity index (χ3n) is 2.87. The molecule has 0 aromatic heterocycles. The number of benzene rings is 1. The summed E-state index contributed by atoms with van der Waals surface area (Å²) >= 11 is 4.37. The monoisotopic (exact) mass is 247 g/mol. The summed E-state index contributed by atoms with van der Waals surface area (Å²) in [5.74, 6) is 0. The van der Waals surface area contributed by atoms with Crippen molar-refractivity contribution in [3.63, 3.8) is 0 Å². The lowest BCUT2D eigenvalue weighted by atomic mass is 9.72. The summed E-state index contributed by atoms with van der Waals surface area (Å²) in [6, 6.07) is 8.08. The predicted molar refractivity (Wildman–Crippen MR) is 75.5 cm³/mol. The minimum Gasteiger partial charge on any atom is -0.192 e. The van der Waals surface area contributed by atoms with E-state index in [9.17, 15) is 0 Å². The van der Waals surface area contributed by atoms with E-state index in [1.807, 2.05) is 18.2 Å². The van der Waals surface area contributed by atoms with E-state index in [4.69, 9.17) is 5.26 Å². The molecule has 1 aromatic rings. The molecule has 0 heterocycles. The van der Waals surface area contributed by atoms with Gasteiger partial charge in [-0.15, -0.1) is 12.6 Å². The Morgan fingerprint density at radius 2 is 1.76 bits per heavy atom. The van der Waals surface area contributed by atoms with Crippen LogP contribution in [0.2, 0.25) is 0 Å². The van der Waals surface area contributed by atoms with Crippen LogP contribution in [-0.4, -0.2) is 0 Å². The van der Waals surface area contributed by atoms with Crippen LogP contribution in [0.4, 0.5) is 0 Å². The van der Waals surface area contributed by atoms with Gasteiger partial charge in [0, 0.05) is 4.90 Å². The zero-order valence-electron chi connectivity index (χ0n) is 11.3. The first-order chi connectivity index (χ1) is 7.65. The molecule has 2 heteroatoms. The summed E-state index contributed by atoms with van der Waals surface area (Å²) < 4.78 is 0. The molecule has 1 rings (SSSR count). The van der Waals surface area contributed by atoms with Crippen LogP contribution in [0.3, 0.4) is 0 Å². The summed E-state index contributed by atoms with van der Waals surface area (Å²) in [5.41, 5.74) is 2.28. The van der Waals surface area contributed by atoms with Crippen molar-refractivity contribution in [1.82, 2.24) is 0 Å². The molecule has 0 aliphatic heterocycles. The Bertz CT molecular complexity index is 447. The first-order valence-electron chi connectivity index (χ1n) is 5.89. The molecule has 17 heavy (non-hydrogen) atoms. The smallest absolute Gasteiger partial charge is 0.100 e. The van der Waals surface area contributed by atoms with Crippen LogP contribution in [0.25, 0.3) is 0 Å². The number of rotatable bonds is 2. The Morgan fingerprint density at radius 3 is 2.18 bits per heavy atom. The summed E-state index contributed by atoms with van der Waals surface area (Å²) in [4.78, 5) is 0.770. The molecule has 0 spiro atoms. The van der Waals surface area contributed by atoms with E-state index < -0.39 is 0 Å². The van der Waals surface area contributed by atoms with E-state index in [1.165, 1.54) is 5.56 Å². The fourth-order valence-corrected chi connectivity index (χ4v) is 2.74. The normalized spacial score (nSPS) is 12.3. The van der Waals surface area contributed by atoms with Crippen LogP contribution in [0.15, 0.2) is 23.1 Å². The third kappa shape index (κ3) is 3.78. The van der Waals surface area contributed by atoms with E-state index in [2.05, 4.69) is 53.3 Å². The van der Waals surface area contributed by atoms with Gasteiger partial charge >= 0.3 is 0 Å². The van der Waals surface area contributed by atoms with Crippen molar-refractivity contribution >= 4 is 12.6 Å². The molecule has 0 aliphatic rings. The minimum absolute atomic E-state index is 0.101. The molecule has 92 valence electrons. The lowest BCUT2D eigenvalue weighted by molar-refractivity contribution is 0.284. The fourth-order valence-electron chi connectivity index (χ4n) is 2.48. The molecule has 0 aliphatic carbocycles. The van der Waals surface area contributed by atoms with Crippen molar-refractivity contribution in [2.45, 2.75) is 51.3 Å². The van der Waals surface area contributed by atoms with E-state index in [-0.39, 0.29) is 10.8 Å². The Morgan fingerprint density at radius 1 is 1.18 bits per heavy atom. The van der Waals surface area contributed by atoms with Crippen LogP contribution >= 0.6 is 12.6 Å². The van der Waals surface area contributed by atoms with Gasteiger partial charge in [0.2, 0.25) is 0 Å². The zero-order valence-corrected chi connectivity index (χ0v) is 12.2. The van der Waals surface area contributed by atoms with Crippen molar-refractivity contribution < 1.29 is 0 Å². The Labute approximate surface area is 110 Å². The molecular formula is C15H21NS. The molecule has 0 atom stereocenters. The number of hydrogen-bond donors (Lipinski definition) is 1. The van der Waals surface area contributed by atoms with Gasteiger partial charge in [-0.2, -0.15) is 5.26 Å². The molecule has 0 fully saturated rings. The summed E-state index contributed by atoms with van der Waals surface area (Å²) in [6.45, 7) is 11.2. The first-order valence-corrected chi connectivity index (χ1v) is 6.34. The van der Waals surface area contributed by atoms with E-state index >= 15 is 0 Å². The first kappa shape index (κ1) is 14.1. The van der Waals surface area contributed by atoms with Crippen LogP contribution in [0.1, 0.15) is 52.2 Å².